The molecule has 0 bridgehead atoms. The first-order chi connectivity index (χ1) is 11.7. The van der Waals surface area contributed by atoms with Gasteiger partial charge in [-0.25, -0.2) is 8.78 Å². The molecule has 1 atom stereocenters. The van der Waals surface area contributed by atoms with Crippen molar-refractivity contribution in [3.05, 3.63) is 59.2 Å². The molecule has 2 aromatic rings. The van der Waals surface area contributed by atoms with E-state index >= 15 is 0 Å². The number of rotatable bonds is 4. The minimum Gasteiger partial charge on any atom is -0.492 e. The number of hydrogen-bond acceptors (Lipinski definition) is 2. The van der Waals surface area contributed by atoms with Crippen LogP contribution >= 0.6 is 0 Å². The Morgan fingerprint density at radius 2 is 1.88 bits per heavy atom. The summed E-state index contributed by atoms with van der Waals surface area (Å²) in [5, 5.41) is 0. The number of unbranched alkanes of at least 4 members (excludes halogenated alkanes) is 2. The van der Waals surface area contributed by atoms with Crippen LogP contribution in [0.4, 0.5) is 14.5 Å². The Morgan fingerprint density at radius 1 is 1.08 bits per heavy atom. The lowest BCUT2D eigenvalue weighted by atomic mass is 9.78. The van der Waals surface area contributed by atoms with Gasteiger partial charge in [-0.15, -0.1) is 0 Å². The number of benzene rings is 2. The van der Waals surface area contributed by atoms with E-state index in [0.29, 0.717) is 12.4 Å². The highest BCUT2D eigenvalue weighted by Gasteiger charge is 2.49. The maximum atomic E-state index is 13.9. The highest BCUT2D eigenvalue weighted by Crippen LogP contribution is 2.51. The third-order valence-corrected chi connectivity index (χ3v) is 5.26. The van der Waals surface area contributed by atoms with Crippen molar-refractivity contribution in [1.82, 2.24) is 0 Å². The number of nitrogens with zero attached hydrogens (tertiary/aromatic N) is 1. The molecule has 0 aliphatic carbocycles. The van der Waals surface area contributed by atoms with Gasteiger partial charge in [0.05, 0.1) is 5.41 Å². The van der Waals surface area contributed by atoms with Gasteiger partial charge in [0.2, 0.25) is 0 Å². The summed E-state index contributed by atoms with van der Waals surface area (Å²) in [6.45, 7) is 4.37. The second-order valence-electron chi connectivity index (χ2n) is 6.78. The highest BCUT2D eigenvalue weighted by atomic mass is 19.2. The van der Waals surface area contributed by atoms with E-state index in [2.05, 4.69) is 24.0 Å². The second-order valence-corrected chi connectivity index (χ2v) is 6.78. The van der Waals surface area contributed by atoms with E-state index in [1.807, 2.05) is 12.1 Å². The van der Waals surface area contributed by atoms with Gasteiger partial charge in [0, 0.05) is 30.4 Å². The first-order valence-electron chi connectivity index (χ1n) is 8.62. The number of para-hydroxylation sites is 1. The van der Waals surface area contributed by atoms with Crippen LogP contribution in [0.25, 0.3) is 0 Å². The Morgan fingerprint density at radius 3 is 2.71 bits per heavy atom. The molecule has 0 amide bonds. The van der Waals surface area contributed by atoms with E-state index < -0.39 is 17.0 Å². The maximum absolute atomic E-state index is 13.9. The van der Waals surface area contributed by atoms with Crippen molar-refractivity contribution in [2.24, 2.45) is 0 Å². The van der Waals surface area contributed by atoms with Crippen LogP contribution in [-0.2, 0) is 5.41 Å². The Bertz CT molecular complexity index is 776. The molecule has 0 saturated heterocycles. The molecule has 2 nitrogen and oxygen atoms in total. The number of hydrogen-bond donors (Lipinski definition) is 0. The van der Waals surface area contributed by atoms with Crippen LogP contribution in [0.1, 0.15) is 37.3 Å². The fourth-order valence-corrected chi connectivity index (χ4v) is 4.06. The molecule has 1 unspecified atom stereocenters. The summed E-state index contributed by atoms with van der Waals surface area (Å²) in [6.07, 6.45) is 3.50. The molecule has 0 saturated carbocycles. The first-order valence-corrected chi connectivity index (χ1v) is 8.62. The van der Waals surface area contributed by atoms with Crippen molar-refractivity contribution in [2.75, 3.05) is 24.6 Å². The maximum Gasteiger partial charge on any atom is 0.162 e. The summed E-state index contributed by atoms with van der Waals surface area (Å²) in [6, 6.07) is 10.8. The molecule has 126 valence electrons. The van der Waals surface area contributed by atoms with Gasteiger partial charge in [-0.1, -0.05) is 38.0 Å². The van der Waals surface area contributed by atoms with Crippen molar-refractivity contribution in [3.8, 4) is 5.75 Å². The summed E-state index contributed by atoms with van der Waals surface area (Å²) >= 11 is 0. The van der Waals surface area contributed by atoms with Gasteiger partial charge in [-0.05, 0) is 24.1 Å². The fraction of sp³-hybridized carbons (Fsp3) is 0.400. The molecule has 2 heterocycles. The quantitative estimate of drug-likeness (QED) is 0.757. The molecular formula is C20H21F2NO. The molecular weight excluding hydrogens is 308 g/mol. The molecule has 2 aliphatic heterocycles. The number of anilines is 1. The summed E-state index contributed by atoms with van der Waals surface area (Å²) in [5.74, 6) is -1.18. The van der Waals surface area contributed by atoms with Gasteiger partial charge < -0.3 is 9.64 Å². The van der Waals surface area contributed by atoms with Crippen LogP contribution < -0.4 is 9.64 Å². The minimum absolute atomic E-state index is 0.396. The van der Waals surface area contributed by atoms with Crippen molar-refractivity contribution in [2.45, 2.75) is 31.6 Å². The molecule has 2 aliphatic rings. The monoisotopic (exact) mass is 329 g/mol. The minimum atomic E-state index is -0.850. The molecule has 4 heteroatoms. The third kappa shape index (κ3) is 2.20. The highest BCUT2D eigenvalue weighted by molar-refractivity contribution is 5.69. The molecule has 24 heavy (non-hydrogen) atoms. The molecule has 0 radical (unpaired) electrons. The summed E-state index contributed by atoms with van der Waals surface area (Å²) < 4.78 is 33.2. The SMILES string of the molecule is CCCCCN1CC2(COc3cc(F)c(F)cc32)c2ccccc21. The average molecular weight is 329 g/mol. The second kappa shape index (κ2) is 5.76. The molecule has 0 fully saturated rings. The van der Waals surface area contributed by atoms with E-state index in [1.165, 1.54) is 30.7 Å². The van der Waals surface area contributed by atoms with Gasteiger partial charge in [0.15, 0.2) is 11.6 Å². The lowest BCUT2D eigenvalue weighted by Crippen LogP contribution is -2.36. The lowest BCUT2D eigenvalue weighted by Gasteiger charge is -2.25. The standard InChI is InChI=1S/C20H21F2NO/c1-2-3-6-9-23-12-20(14-7-4-5-8-18(14)23)13-24-19-11-17(22)16(21)10-15(19)20/h4-5,7-8,10-11H,2-3,6,9,12-13H2,1H3. The fourth-order valence-electron chi connectivity index (χ4n) is 4.06. The summed E-state index contributed by atoms with van der Waals surface area (Å²) in [7, 11) is 0. The van der Waals surface area contributed by atoms with Crippen molar-refractivity contribution >= 4 is 5.69 Å². The van der Waals surface area contributed by atoms with Crippen molar-refractivity contribution in [3.63, 3.8) is 0 Å². The number of halogens is 2. The van der Waals surface area contributed by atoms with Gasteiger partial charge in [-0.3, -0.25) is 0 Å². The lowest BCUT2D eigenvalue weighted by molar-refractivity contribution is 0.298. The average Bonchev–Trinajstić information content (AvgIpc) is 3.09. The van der Waals surface area contributed by atoms with E-state index in [1.54, 1.807) is 0 Å². The van der Waals surface area contributed by atoms with Crippen LogP contribution in [0, 0.1) is 11.6 Å². The topological polar surface area (TPSA) is 12.5 Å². The molecule has 2 aromatic carbocycles. The van der Waals surface area contributed by atoms with Gasteiger partial charge in [-0.2, -0.15) is 0 Å². The predicted octanol–water partition coefficient (Wildman–Crippen LogP) is 4.65. The van der Waals surface area contributed by atoms with Gasteiger partial charge in [0.1, 0.15) is 12.4 Å². The summed E-state index contributed by atoms with van der Waals surface area (Å²) in [5.41, 5.74) is 2.72. The zero-order valence-corrected chi connectivity index (χ0v) is 13.8. The van der Waals surface area contributed by atoms with Crippen molar-refractivity contribution < 1.29 is 13.5 Å². The number of fused-ring (bicyclic) bond motifs is 4. The van der Waals surface area contributed by atoms with Gasteiger partial charge in [0.25, 0.3) is 0 Å². The number of ether oxygens (including phenoxy) is 1. The van der Waals surface area contributed by atoms with E-state index in [4.69, 9.17) is 4.74 Å². The Balaban J connectivity index is 1.77. The Kier molecular flexibility index (Phi) is 3.70. The van der Waals surface area contributed by atoms with Crippen LogP contribution in [-0.4, -0.2) is 19.7 Å². The molecule has 0 N–H and O–H groups in total. The zero-order valence-electron chi connectivity index (χ0n) is 13.8. The van der Waals surface area contributed by atoms with Crippen molar-refractivity contribution in [1.29, 1.82) is 0 Å². The molecule has 4 rings (SSSR count). The smallest absolute Gasteiger partial charge is 0.162 e. The molecule has 0 aromatic heterocycles. The Hall–Kier alpha value is -2.10. The Labute approximate surface area is 141 Å². The first kappa shape index (κ1) is 15.4. The normalized spacial score (nSPS) is 21.0. The predicted molar refractivity (Wildman–Crippen MR) is 90.8 cm³/mol. The largest absolute Gasteiger partial charge is 0.492 e. The summed E-state index contributed by atoms with van der Waals surface area (Å²) in [4.78, 5) is 2.37. The molecule has 1 spiro atoms. The zero-order chi connectivity index (χ0) is 16.7. The van der Waals surface area contributed by atoms with Crippen LogP contribution in [0.15, 0.2) is 36.4 Å². The van der Waals surface area contributed by atoms with E-state index in [0.717, 1.165) is 30.6 Å². The van der Waals surface area contributed by atoms with Crippen LogP contribution in [0.2, 0.25) is 0 Å². The van der Waals surface area contributed by atoms with Crippen LogP contribution in [0.5, 0.6) is 5.75 Å². The third-order valence-electron chi connectivity index (χ3n) is 5.26. The van der Waals surface area contributed by atoms with E-state index in [9.17, 15) is 8.78 Å². The van der Waals surface area contributed by atoms with E-state index in [-0.39, 0.29) is 0 Å². The van der Waals surface area contributed by atoms with Crippen LogP contribution in [0.3, 0.4) is 0 Å². The van der Waals surface area contributed by atoms with Gasteiger partial charge >= 0.3 is 0 Å².